The highest BCUT2D eigenvalue weighted by molar-refractivity contribution is 8.00. The van der Waals surface area contributed by atoms with Crippen LogP contribution in [0.25, 0.3) is 10.2 Å². The number of halogens is 1. The molecule has 0 fully saturated rings. The maximum Gasteiger partial charge on any atom is 0.173 e. The molecule has 3 aromatic rings. The van der Waals surface area contributed by atoms with Gasteiger partial charge in [-0.15, -0.1) is 11.3 Å². The van der Waals surface area contributed by atoms with Gasteiger partial charge in [-0.25, -0.2) is 14.4 Å². The number of hydrogen-bond donors (Lipinski definition) is 0. The van der Waals surface area contributed by atoms with Gasteiger partial charge in [-0.05, 0) is 43.2 Å². The molecule has 118 valence electrons. The zero-order valence-electron chi connectivity index (χ0n) is 12.8. The molecule has 2 heterocycles. The summed E-state index contributed by atoms with van der Waals surface area (Å²) in [5, 5.41) is 1.82. The average molecular weight is 346 g/mol. The third-order valence-corrected chi connectivity index (χ3v) is 5.70. The Morgan fingerprint density at radius 2 is 2.13 bits per heavy atom. The molecule has 0 bridgehead atoms. The van der Waals surface area contributed by atoms with Crippen LogP contribution in [0.2, 0.25) is 0 Å². The first-order chi connectivity index (χ1) is 11.1. The van der Waals surface area contributed by atoms with Crippen LogP contribution in [0.3, 0.4) is 0 Å². The first-order valence-electron chi connectivity index (χ1n) is 7.24. The van der Waals surface area contributed by atoms with E-state index >= 15 is 0 Å². The molecular formula is C17H15FN2OS2. The number of aryl methyl sites for hydroxylation is 2. The van der Waals surface area contributed by atoms with Crippen LogP contribution < -0.4 is 0 Å². The van der Waals surface area contributed by atoms with Crippen LogP contribution in [0.5, 0.6) is 0 Å². The molecule has 2 aromatic heterocycles. The van der Waals surface area contributed by atoms with Gasteiger partial charge in [-0.1, -0.05) is 18.7 Å². The summed E-state index contributed by atoms with van der Waals surface area (Å²) in [5.41, 5.74) is 1.01. The minimum atomic E-state index is -0.294. The molecule has 0 spiro atoms. The Bertz CT molecular complexity index is 876. The van der Waals surface area contributed by atoms with Gasteiger partial charge in [0.1, 0.15) is 22.0 Å². The van der Waals surface area contributed by atoms with Gasteiger partial charge in [0.15, 0.2) is 5.78 Å². The number of Topliss-reactive ketones (excluding diaryl/α,β-unsaturated/α-hetero) is 1. The number of rotatable bonds is 5. The second-order valence-electron chi connectivity index (χ2n) is 5.14. The fourth-order valence-electron chi connectivity index (χ4n) is 2.21. The topological polar surface area (TPSA) is 42.9 Å². The molecule has 0 saturated heterocycles. The molecule has 0 aliphatic rings. The molecule has 3 nitrogen and oxygen atoms in total. The van der Waals surface area contributed by atoms with E-state index in [0.29, 0.717) is 11.1 Å². The Labute approximate surface area is 142 Å². The maximum atomic E-state index is 13.3. The Balaban J connectivity index is 1.78. The lowest BCUT2D eigenvalue weighted by Gasteiger charge is -2.04. The lowest BCUT2D eigenvalue weighted by Crippen LogP contribution is -2.03. The molecule has 0 aliphatic heterocycles. The van der Waals surface area contributed by atoms with Gasteiger partial charge >= 0.3 is 0 Å². The third kappa shape index (κ3) is 3.43. The molecule has 0 atom stereocenters. The van der Waals surface area contributed by atoms with E-state index in [2.05, 4.69) is 23.0 Å². The van der Waals surface area contributed by atoms with Crippen molar-refractivity contribution in [1.29, 1.82) is 0 Å². The second-order valence-corrected chi connectivity index (χ2v) is 7.22. The minimum Gasteiger partial charge on any atom is -0.293 e. The summed E-state index contributed by atoms with van der Waals surface area (Å²) in [4.78, 5) is 23.1. The summed E-state index contributed by atoms with van der Waals surface area (Å²) < 4.78 is 13.3. The van der Waals surface area contributed by atoms with Gasteiger partial charge in [-0.2, -0.15) is 0 Å². The van der Waals surface area contributed by atoms with Gasteiger partial charge < -0.3 is 0 Å². The van der Waals surface area contributed by atoms with Crippen LogP contribution in [-0.4, -0.2) is 21.5 Å². The highest BCUT2D eigenvalue weighted by Gasteiger charge is 2.12. The van der Waals surface area contributed by atoms with Crippen molar-refractivity contribution >= 4 is 39.1 Å². The summed E-state index contributed by atoms with van der Waals surface area (Å²) >= 11 is 3.05. The van der Waals surface area contributed by atoms with Crippen LogP contribution in [-0.2, 0) is 6.42 Å². The van der Waals surface area contributed by atoms with Crippen molar-refractivity contribution in [2.75, 3.05) is 5.75 Å². The predicted octanol–water partition coefficient (Wildman–Crippen LogP) is 4.68. The molecule has 0 radical (unpaired) electrons. The van der Waals surface area contributed by atoms with Crippen LogP contribution in [0.4, 0.5) is 4.39 Å². The van der Waals surface area contributed by atoms with E-state index in [4.69, 9.17) is 0 Å². The van der Waals surface area contributed by atoms with Crippen molar-refractivity contribution in [1.82, 2.24) is 9.97 Å². The van der Waals surface area contributed by atoms with Gasteiger partial charge in [0.05, 0.1) is 5.75 Å². The summed E-state index contributed by atoms with van der Waals surface area (Å²) in [5.74, 6) is -0.0537. The zero-order chi connectivity index (χ0) is 16.4. The first kappa shape index (κ1) is 16.1. The van der Waals surface area contributed by atoms with E-state index in [1.165, 1.54) is 35.1 Å². The predicted molar refractivity (Wildman–Crippen MR) is 93.0 cm³/mol. The van der Waals surface area contributed by atoms with Crippen LogP contribution in [0.1, 0.15) is 27.7 Å². The summed E-state index contributed by atoms with van der Waals surface area (Å²) in [7, 11) is 0. The highest BCUT2D eigenvalue weighted by atomic mass is 32.2. The quantitative estimate of drug-likeness (QED) is 0.382. The van der Waals surface area contributed by atoms with E-state index in [1.54, 1.807) is 24.3 Å². The standard InChI is InChI=1S/C17H15FN2OS2/c1-3-12-7-13-16(19-9-20-17(13)23-12)22-8-15(21)11-4-5-14(18)10(2)6-11/h4-7,9H,3,8H2,1-2H3. The number of nitrogens with zero attached hydrogens (tertiary/aromatic N) is 2. The summed E-state index contributed by atoms with van der Waals surface area (Å²) in [6.45, 7) is 3.76. The number of hydrogen-bond acceptors (Lipinski definition) is 5. The van der Waals surface area contributed by atoms with E-state index in [9.17, 15) is 9.18 Å². The molecule has 0 aliphatic carbocycles. The van der Waals surface area contributed by atoms with Crippen molar-refractivity contribution in [3.63, 3.8) is 0 Å². The molecular weight excluding hydrogens is 331 g/mol. The number of fused-ring (bicyclic) bond motifs is 1. The van der Waals surface area contributed by atoms with Crippen molar-refractivity contribution in [2.24, 2.45) is 0 Å². The Hall–Kier alpha value is -1.79. The molecule has 0 amide bonds. The SMILES string of the molecule is CCc1cc2c(SCC(=O)c3ccc(F)c(C)c3)ncnc2s1. The fraction of sp³-hybridized carbons (Fsp3) is 0.235. The maximum absolute atomic E-state index is 13.3. The molecule has 3 rings (SSSR count). The highest BCUT2D eigenvalue weighted by Crippen LogP contribution is 2.31. The lowest BCUT2D eigenvalue weighted by atomic mass is 10.1. The minimum absolute atomic E-state index is 0.0317. The van der Waals surface area contributed by atoms with E-state index in [0.717, 1.165) is 21.7 Å². The fourth-order valence-corrected chi connectivity index (χ4v) is 4.08. The van der Waals surface area contributed by atoms with E-state index in [1.807, 2.05) is 0 Å². The normalized spacial score (nSPS) is 11.1. The average Bonchev–Trinajstić information content (AvgIpc) is 2.99. The Kier molecular flexibility index (Phi) is 4.73. The zero-order valence-corrected chi connectivity index (χ0v) is 14.4. The Morgan fingerprint density at radius 1 is 1.30 bits per heavy atom. The molecule has 0 saturated carbocycles. The molecule has 0 unspecified atom stereocenters. The first-order valence-corrected chi connectivity index (χ1v) is 9.04. The third-order valence-electron chi connectivity index (χ3n) is 3.51. The summed E-state index contributed by atoms with van der Waals surface area (Å²) in [6, 6.07) is 6.55. The number of thioether (sulfide) groups is 1. The molecule has 23 heavy (non-hydrogen) atoms. The number of carbonyl (C=O) groups excluding carboxylic acids is 1. The van der Waals surface area contributed by atoms with Gasteiger partial charge in [-0.3, -0.25) is 4.79 Å². The number of aromatic nitrogens is 2. The molecule has 1 aromatic carbocycles. The largest absolute Gasteiger partial charge is 0.293 e. The van der Waals surface area contributed by atoms with E-state index < -0.39 is 0 Å². The van der Waals surface area contributed by atoms with E-state index in [-0.39, 0.29) is 17.4 Å². The summed E-state index contributed by atoms with van der Waals surface area (Å²) in [6.07, 6.45) is 2.49. The number of benzene rings is 1. The number of carbonyl (C=O) groups is 1. The van der Waals surface area contributed by atoms with Crippen molar-refractivity contribution < 1.29 is 9.18 Å². The smallest absolute Gasteiger partial charge is 0.173 e. The van der Waals surface area contributed by atoms with Gasteiger partial charge in [0.25, 0.3) is 0 Å². The molecule has 6 heteroatoms. The number of thiophene rings is 1. The van der Waals surface area contributed by atoms with Gasteiger partial charge in [0, 0.05) is 15.8 Å². The van der Waals surface area contributed by atoms with Crippen molar-refractivity contribution in [3.05, 3.63) is 52.4 Å². The monoisotopic (exact) mass is 346 g/mol. The van der Waals surface area contributed by atoms with Gasteiger partial charge in [0.2, 0.25) is 0 Å². The lowest BCUT2D eigenvalue weighted by molar-refractivity contribution is 0.102. The van der Waals surface area contributed by atoms with Crippen LogP contribution in [0.15, 0.2) is 35.6 Å². The second kappa shape index (κ2) is 6.76. The van der Waals surface area contributed by atoms with Crippen molar-refractivity contribution in [2.45, 2.75) is 25.3 Å². The van der Waals surface area contributed by atoms with Crippen molar-refractivity contribution in [3.8, 4) is 0 Å². The molecule has 0 N–H and O–H groups in total. The Morgan fingerprint density at radius 3 is 2.87 bits per heavy atom. The van der Waals surface area contributed by atoms with Crippen LogP contribution in [0, 0.1) is 12.7 Å². The van der Waals surface area contributed by atoms with Crippen LogP contribution >= 0.6 is 23.1 Å². The number of ketones is 1.